The van der Waals surface area contributed by atoms with Gasteiger partial charge in [-0.3, -0.25) is 9.69 Å². The van der Waals surface area contributed by atoms with Crippen LogP contribution in [-0.4, -0.2) is 37.0 Å². The fourth-order valence-electron chi connectivity index (χ4n) is 2.10. The number of hydrogen-bond donors (Lipinski definition) is 2. The fraction of sp³-hybridized carbons (Fsp3) is 0.385. The molecule has 0 spiro atoms. The van der Waals surface area contributed by atoms with E-state index in [0.717, 1.165) is 10.5 Å². The largest absolute Gasteiger partial charge is 0.466 e. The lowest BCUT2D eigenvalue weighted by molar-refractivity contribution is -0.131. The molecule has 0 aliphatic carbocycles. The number of rotatable bonds is 5. The molecule has 1 saturated heterocycles. The molecule has 1 aliphatic rings. The fourth-order valence-corrected chi connectivity index (χ4v) is 2.10. The molecule has 2 N–H and O–H groups in total. The number of hydrogen-bond acceptors (Lipinski definition) is 4. The number of carbonyl (C=O) groups excluding carboxylic acids is 2. The summed E-state index contributed by atoms with van der Waals surface area (Å²) in [5.41, 5.74) is -0.379. The van der Waals surface area contributed by atoms with E-state index in [1.54, 1.807) is 26.1 Å². The molecule has 1 atom stereocenters. The molecule has 2 heterocycles. The van der Waals surface area contributed by atoms with Crippen LogP contribution in [0.1, 0.15) is 12.7 Å². The summed E-state index contributed by atoms with van der Waals surface area (Å²) in [4.78, 5) is 25.5. The van der Waals surface area contributed by atoms with Crippen molar-refractivity contribution in [3.05, 3.63) is 36.3 Å². The molecule has 0 saturated carbocycles. The Morgan fingerprint density at radius 1 is 1.58 bits per heavy atom. The highest BCUT2D eigenvalue weighted by molar-refractivity contribution is 6.07. The lowest BCUT2D eigenvalue weighted by Gasteiger charge is -2.19. The van der Waals surface area contributed by atoms with Crippen molar-refractivity contribution in [2.45, 2.75) is 12.5 Å². The van der Waals surface area contributed by atoms with Gasteiger partial charge in [0.05, 0.1) is 12.8 Å². The van der Waals surface area contributed by atoms with Gasteiger partial charge in [0, 0.05) is 6.54 Å². The second-order valence-electron chi connectivity index (χ2n) is 4.70. The standard InChI is InChI=1S/C13H17N3O3/c1-9(7-14-3)8-16-11(17)13(2,15-12(16)18)10-5-4-6-19-10/h4-6,14H,1,7-8H2,2-3H3,(H,15,18). The van der Waals surface area contributed by atoms with Gasteiger partial charge in [0.25, 0.3) is 5.91 Å². The highest BCUT2D eigenvalue weighted by Gasteiger charge is 2.50. The molecule has 2 rings (SSSR count). The third kappa shape index (κ3) is 2.26. The topological polar surface area (TPSA) is 74.6 Å². The Bertz CT molecular complexity index is 509. The molecule has 1 unspecified atom stereocenters. The molecular weight excluding hydrogens is 246 g/mol. The summed E-state index contributed by atoms with van der Waals surface area (Å²) in [6, 6.07) is 2.92. The van der Waals surface area contributed by atoms with Crippen LogP contribution in [0.2, 0.25) is 0 Å². The SMILES string of the molecule is C=C(CNC)CN1C(=O)NC(C)(c2ccco2)C1=O. The van der Waals surface area contributed by atoms with Gasteiger partial charge in [0.1, 0.15) is 5.76 Å². The van der Waals surface area contributed by atoms with E-state index < -0.39 is 11.6 Å². The van der Waals surface area contributed by atoms with Gasteiger partial charge in [-0.25, -0.2) is 4.79 Å². The number of carbonyl (C=O) groups is 2. The molecule has 1 aromatic heterocycles. The number of amides is 3. The number of likely N-dealkylation sites (N-methyl/N-ethyl adjacent to an activating group) is 1. The first-order valence-corrected chi connectivity index (χ1v) is 5.98. The van der Waals surface area contributed by atoms with Crippen LogP contribution in [0.4, 0.5) is 4.79 Å². The number of nitrogens with zero attached hydrogens (tertiary/aromatic N) is 1. The van der Waals surface area contributed by atoms with Crippen LogP contribution in [0.5, 0.6) is 0 Å². The van der Waals surface area contributed by atoms with Crippen molar-refractivity contribution < 1.29 is 14.0 Å². The normalized spacial score (nSPS) is 22.7. The zero-order chi connectivity index (χ0) is 14.0. The molecule has 6 heteroatoms. The van der Waals surface area contributed by atoms with E-state index in [0.29, 0.717) is 12.3 Å². The molecule has 19 heavy (non-hydrogen) atoms. The zero-order valence-corrected chi connectivity index (χ0v) is 11.0. The summed E-state index contributed by atoms with van der Waals surface area (Å²) in [6.45, 7) is 6.21. The van der Waals surface area contributed by atoms with Crippen molar-refractivity contribution in [3.8, 4) is 0 Å². The van der Waals surface area contributed by atoms with E-state index in [4.69, 9.17) is 4.42 Å². The van der Waals surface area contributed by atoms with E-state index in [2.05, 4.69) is 17.2 Å². The maximum atomic E-state index is 12.4. The number of furan rings is 1. The summed E-state index contributed by atoms with van der Waals surface area (Å²) in [6.07, 6.45) is 1.47. The Morgan fingerprint density at radius 3 is 2.89 bits per heavy atom. The van der Waals surface area contributed by atoms with Gasteiger partial charge < -0.3 is 15.1 Å². The first kappa shape index (κ1) is 13.4. The quantitative estimate of drug-likeness (QED) is 0.609. The van der Waals surface area contributed by atoms with E-state index in [1.165, 1.54) is 6.26 Å². The Morgan fingerprint density at radius 2 is 2.32 bits per heavy atom. The maximum absolute atomic E-state index is 12.4. The molecule has 0 bridgehead atoms. The monoisotopic (exact) mass is 263 g/mol. The van der Waals surface area contributed by atoms with Gasteiger partial charge in [-0.15, -0.1) is 0 Å². The lowest BCUT2D eigenvalue weighted by Crippen LogP contribution is -2.40. The first-order chi connectivity index (χ1) is 8.99. The Labute approximate surface area is 111 Å². The van der Waals surface area contributed by atoms with E-state index in [-0.39, 0.29) is 12.5 Å². The minimum atomic E-state index is -1.14. The summed E-state index contributed by atoms with van der Waals surface area (Å²) in [5.74, 6) is 0.0947. The predicted octanol–water partition coefficient (Wildman–Crippen LogP) is 0.822. The van der Waals surface area contributed by atoms with Crippen molar-refractivity contribution in [2.75, 3.05) is 20.1 Å². The molecule has 102 valence electrons. The smallest absolute Gasteiger partial charge is 0.325 e. The van der Waals surface area contributed by atoms with Gasteiger partial charge in [0.2, 0.25) is 0 Å². The molecule has 1 aliphatic heterocycles. The Kier molecular flexibility index (Phi) is 3.44. The average molecular weight is 263 g/mol. The van der Waals surface area contributed by atoms with E-state index >= 15 is 0 Å². The van der Waals surface area contributed by atoms with Gasteiger partial charge >= 0.3 is 6.03 Å². The van der Waals surface area contributed by atoms with Crippen molar-refractivity contribution in [1.29, 1.82) is 0 Å². The van der Waals surface area contributed by atoms with Crippen LogP contribution in [0.3, 0.4) is 0 Å². The molecule has 0 aromatic carbocycles. The van der Waals surface area contributed by atoms with Crippen LogP contribution in [0.15, 0.2) is 35.0 Å². The van der Waals surface area contributed by atoms with Gasteiger partial charge in [-0.1, -0.05) is 6.58 Å². The molecule has 1 fully saturated rings. The third-order valence-corrected chi connectivity index (χ3v) is 3.10. The number of nitrogens with one attached hydrogen (secondary N) is 2. The number of imide groups is 1. The minimum Gasteiger partial charge on any atom is -0.466 e. The lowest BCUT2D eigenvalue weighted by atomic mass is 9.99. The molecule has 6 nitrogen and oxygen atoms in total. The summed E-state index contributed by atoms with van der Waals surface area (Å²) < 4.78 is 5.24. The van der Waals surface area contributed by atoms with Crippen LogP contribution in [0.25, 0.3) is 0 Å². The van der Waals surface area contributed by atoms with Gasteiger partial charge in [0.15, 0.2) is 5.54 Å². The van der Waals surface area contributed by atoms with E-state index in [9.17, 15) is 9.59 Å². The number of urea groups is 1. The predicted molar refractivity (Wildman–Crippen MR) is 69.4 cm³/mol. The summed E-state index contributed by atoms with van der Waals surface area (Å²) in [5, 5.41) is 5.59. The average Bonchev–Trinajstić information content (AvgIpc) is 2.94. The molecular formula is C13H17N3O3. The van der Waals surface area contributed by atoms with Crippen molar-refractivity contribution in [3.63, 3.8) is 0 Å². The first-order valence-electron chi connectivity index (χ1n) is 5.98. The second kappa shape index (κ2) is 4.89. The van der Waals surface area contributed by atoms with Crippen LogP contribution in [0, 0.1) is 0 Å². The Balaban J connectivity index is 2.19. The third-order valence-electron chi connectivity index (χ3n) is 3.10. The highest BCUT2D eigenvalue weighted by Crippen LogP contribution is 2.29. The minimum absolute atomic E-state index is 0.196. The van der Waals surface area contributed by atoms with Crippen molar-refractivity contribution >= 4 is 11.9 Å². The van der Waals surface area contributed by atoms with Crippen LogP contribution >= 0.6 is 0 Å². The Hall–Kier alpha value is -2.08. The van der Waals surface area contributed by atoms with E-state index in [1.807, 2.05) is 0 Å². The maximum Gasteiger partial charge on any atom is 0.325 e. The molecule has 3 amide bonds. The highest BCUT2D eigenvalue weighted by atomic mass is 16.3. The van der Waals surface area contributed by atoms with Crippen LogP contribution < -0.4 is 10.6 Å². The zero-order valence-electron chi connectivity index (χ0n) is 11.0. The van der Waals surface area contributed by atoms with Crippen molar-refractivity contribution in [2.24, 2.45) is 0 Å². The van der Waals surface area contributed by atoms with Crippen LogP contribution in [-0.2, 0) is 10.3 Å². The summed E-state index contributed by atoms with van der Waals surface area (Å²) in [7, 11) is 1.78. The molecule has 1 aromatic rings. The van der Waals surface area contributed by atoms with Crippen molar-refractivity contribution in [1.82, 2.24) is 15.5 Å². The van der Waals surface area contributed by atoms with Gasteiger partial charge in [-0.2, -0.15) is 0 Å². The summed E-state index contributed by atoms with van der Waals surface area (Å²) >= 11 is 0. The second-order valence-corrected chi connectivity index (χ2v) is 4.70. The van der Waals surface area contributed by atoms with Gasteiger partial charge in [-0.05, 0) is 31.7 Å². The molecule has 0 radical (unpaired) electrons.